The fourth-order valence-corrected chi connectivity index (χ4v) is 4.18. The van der Waals surface area contributed by atoms with Gasteiger partial charge in [-0.15, -0.1) is 0 Å². The monoisotopic (exact) mass is 483 g/mol. The van der Waals surface area contributed by atoms with Crippen LogP contribution in [-0.4, -0.2) is 122 Å². The SMILES string of the molecule is CCCCCCCCCN[C@]1(CO)O[C@H](O[C@H]2[C@H](O)[C@@H](O)[C@H](O)O[C@@H]2CO)[C@H](O)[C@@H](O)[C@H]1O. The number of aliphatic hydroxyl groups is 8. The van der Waals surface area contributed by atoms with Crippen LogP contribution in [0.25, 0.3) is 0 Å². The molecule has 12 nitrogen and oxygen atoms in total. The van der Waals surface area contributed by atoms with Crippen molar-refractivity contribution in [3.05, 3.63) is 0 Å². The molecule has 0 unspecified atom stereocenters. The molecule has 0 amide bonds. The smallest absolute Gasteiger partial charge is 0.189 e. The Kier molecular flexibility index (Phi) is 11.8. The van der Waals surface area contributed by atoms with Crippen molar-refractivity contribution >= 4 is 0 Å². The van der Waals surface area contributed by atoms with Crippen molar-refractivity contribution in [1.82, 2.24) is 5.32 Å². The standard InChI is InChI=1S/C21H41NO11/c1-2-3-4-5-6-7-8-9-22-21(11-24)18(29)14(26)16(28)20(33-21)32-17-12(10-23)31-19(30)15(27)13(17)25/h12-20,22-30H,2-11H2,1H3/t12-,13-,14-,15-,16-,17-,18-,19-,20+,21-/m1/s1. The van der Waals surface area contributed by atoms with E-state index in [1.54, 1.807) is 0 Å². The second-order valence-corrected chi connectivity index (χ2v) is 8.84. The van der Waals surface area contributed by atoms with Crippen LogP contribution in [0.2, 0.25) is 0 Å². The van der Waals surface area contributed by atoms with E-state index >= 15 is 0 Å². The van der Waals surface area contributed by atoms with Gasteiger partial charge < -0.3 is 55.1 Å². The van der Waals surface area contributed by atoms with Gasteiger partial charge in [0.15, 0.2) is 18.3 Å². The van der Waals surface area contributed by atoms with Crippen LogP contribution in [0.15, 0.2) is 0 Å². The topological polar surface area (TPSA) is 202 Å². The number of ether oxygens (including phenoxy) is 3. The van der Waals surface area contributed by atoms with Gasteiger partial charge in [-0.1, -0.05) is 45.4 Å². The zero-order valence-electron chi connectivity index (χ0n) is 19.1. The fourth-order valence-electron chi connectivity index (χ4n) is 4.18. The number of nitrogens with one attached hydrogen (secondary N) is 1. The molecule has 2 heterocycles. The van der Waals surface area contributed by atoms with Gasteiger partial charge in [-0.05, 0) is 13.0 Å². The van der Waals surface area contributed by atoms with E-state index in [9.17, 15) is 40.9 Å². The number of unbranched alkanes of at least 4 members (excludes halogenated alkanes) is 6. The first-order valence-electron chi connectivity index (χ1n) is 11.8. The van der Waals surface area contributed by atoms with Gasteiger partial charge in [0.2, 0.25) is 0 Å². The summed E-state index contributed by atoms with van der Waals surface area (Å²) < 4.78 is 16.2. The molecule has 196 valence electrons. The fraction of sp³-hybridized carbons (Fsp3) is 1.00. The molecule has 0 aliphatic carbocycles. The number of hydrogen-bond acceptors (Lipinski definition) is 12. The van der Waals surface area contributed by atoms with Crippen molar-refractivity contribution in [2.45, 2.75) is 113 Å². The van der Waals surface area contributed by atoms with Gasteiger partial charge in [0.05, 0.1) is 13.2 Å². The van der Waals surface area contributed by atoms with Gasteiger partial charge in [0, 0.05) is 0 Å². The molecule has 10 atom stereocenters. The minimum Gasteiger partial charge on any atom is -0.394 e. The van der Waals surface area contributed by atoms with Crippen LogP contribution in [0.1, 0.15) is 51.9 Å². The maximum Gasteiger partial charge on any atom is 0.189 e. The van der Waals surface area contributed by atoms with Crippen molar-refractivity contribution in [1.29, 1.82) is 0 Å². The molecule has 2 saturated heterocycles. The highest BCUT2D eigenvalue weighted by Gasteiger charge is 2.55. The molecule has 0 aromatic heterocycles. The molecular formula is C21H41NO11. The van der Waals surface area contributed by atoms with E-state index in [2.05, 4.69) is 12.2 Å². The second-order valence-electron chi connectivity index (χ2n) is 8.84. The number of hydrogen-bond donors (Lipinski definition) is 9. The van der Waals surface area contributed by atoms with Crippen molar-refractivity contribution in [3.63, 3.8) is 0 Å². The highest BCUT2D eigenvalue weighted by molar-refractivity contribution is 4.99. The van der Waals surface area contributed by atoms with Crippen LogP contribution in [0.5, 0.6) is 0 Å². The second kappa shape index (κ2) is 13.6. The highest BCUT2D eigenvalue weighted by atomic mass is 16.7. The molecule has 0 bridgehead atoms. The van der Waals surface area contributed by atoms with Crippen molar-refractivity contribution in [2.24, 2.45) is 0 Å². The molecule has 2 aliphatic heterocycles. The van der Waals surface area contributed by atoms with E-state index < -0.39 is 74.2 Å². The Morgan fingerprint density at radius 3 is 2.06 bits per heavy atom. The minimum absolute atomic E-state index is 0.347. The normalized spacial score (nSPS) is 41.9. The molecule has 2 rings (SSSR count). The van der Waals surface area contributed by atoms with Crippen LogP contribution in [-0.2, 0) is 14.2 Å². The third-order valence-corrected chi connectivity index (χ3v) is 6.33. The van der Waals surface area contributed by atoms with Gasteiger partial charge >= 0.3 is 0 Å². The summed E-state index contributed by atoms with van der Waals surface area (Å²) in [6.07, 6.45) is -7.54. The first-order chi connectivity index (χ1) is 15.7. The molecule has 0 aromatic carbocycles. The summed E-state index contributed by atoms with van der Waals surface area (Å²) in [4.78, 5) is 0. The quantitative estimate of drug-likeness (QED) is 0.123. The summed E-state index contributed by atoms with van der Waals surface area (Å²) in [7, 11) is 0. The Labute approximate surface area is 193 Å². The van der Waals surface area contributed by atoms with Gasteiger partial charge in [-0.25, -0.2) is 0 Å². The summed E-state index contributed by atoms with van der Waals surface area (Å²) in [6, 6.07) is 0. The summed E-state index contributed by atoms with van der Waals surface area (Å²) in [5.41, 5.74) is -1.86. The summed E-state index contributed by atoms with van der Waals surface area (Å²) >= 11 is 0. The first-order valence-corrected chi connectivity index (χ1v) is 11.8. The lowest BCUT2D eigenvalue weighted by Crippen LogP contribution is -2.73. The first kappa shape index (κ1) is 28.8. The van der Waals surface area contributed by atoms with E-state index in [0.29, 0.717) is 6.54 Å². The number of aliphatic hydroxyl groups excluding tert-OH is 8. The predicted octanol–water partition coefficient (Wildman–Crippen LogP) is -2.73. The summed E-state index contributed by atoms with van der Waals surface area (Å²) in [5, 5.41) is 83.4. The lowest BCUT2D eigenvalue weighted by Gasteiger charge is -2.50. The maximum atomic E-state index is 10.5. The highest BCUT2D eigenvalue weighted by Crippen LogP contribution is 2.32. The van der Waals surface area contributed by atoms with Gasteiger partial charge in [-0.2, -0.15) is 0 Å². The van der Waals surface area contributed by atoms with Crippen molar-refractivity contribution < 1.29 is 55.1 Å². The van der Waals surface area contributed by atoms with Gasteiger partial charge in [-0.3, -0.25) is 5.32 Å². The summed E-state index contributed by atoms with van der Waals surface area (Å²) in [5.74, 6) is 0. The molecule has 9 N–H and O–H groups in total. The van der Waals surface area contributed by atoms with Gasteiger partial charge in [0.1, 0.15) is 42.7 Å². The van der Waals surface area contributed by atoms with Crippen molar-refractivity contribution in [3.8, 4) is 0 Å². The molecule has 2 aliphatic rings. The Balaban J connectivity index is 2.01. The van der Waals surface area contributed by atoms with E-state index in [-0.39, 0.29) is 0 Å². The largest absolute Gasteiger partial charge is 0.394 e. The van der Waals surface area contributed by atoms with Crippen molar-refractivity contribution in [2.75, 3.05) is 19.8 Å². The summed E-state index contributed by atoms with van der Waals surface area (Å²) in [6.45, 7) is 1.04. The lowest BCUT2D eigenvalue weighted by atomic mass is 9.93. The third-order valence-electron chi connectivity index (χ3n) is 6.33. The molecule has 0 saturated carbocycles. The maximum absolute atomic E-state index is 10.5. The third kappa shape index (κ3) is 7.03. The lowest BCUT2D eigenvalue weighted by molar-refractivity contribution is -0.380. The molecule has 0 spiro atoms. The van der Waals surface area contributed by atoms with E-state index in [1.807, 2.05) is 0 Å². The zero-order valence-corrected chi connectivity index (χ0v) is 19.1. The van der Waals surface area contributed by atoms with Gasteiger partial charge in [0.25, 0.3) is 0 Å². The van der Waals surface area contributed by atoms with Crippen LogP contribution >= 0.6 is 0 Å². The van der Waals surface area contributed by atoms with Crippen LogP contribution < -0.4 is 5.32 Å². The minimum atomic E-state index is -1.86. The Bertz CT molecular complexity index is 556. The Morgan fingerprint density at radius 1 is 0.818 bits per heavy atom. The Morgan fingerprint density at radius 2 is 1.45 bits per heavy atom. The molecule has 12 heteroatoms. The van der Waals surface area contributed by atoms with E-state index in [4.69, 9.17) is 14.2 Å². The molecular weight excluding hydrogens is 442 g/mol. The van der Waals surface area contributed by atoms with Crippen LogP contribution in [0, 0.1) is 0 Å². The average Bonchev–Trinajstić information content (AvgIpc) is 2.81. The van der Waals surface area contributed by atoms with E-state index in [1.165, 1.54) is 12.8 Å². The zero-order chi connectivity index (χ0) is 24.6. The molecule has 0 radical (unpaired) electrons. The van der Waals surface area contributed by atoms with E-state index in [0.717, 1.165) is 32.1 Å². The van der Waals surface area contributed by atoms with Crippen LogP contribution in [0.3, 0.4) is 0 Å². The molecule has 2 fully saturated rings. The molecule has 0 aromatic rings. The van der Waals surface area contributed by atoms with Crippen LogP contribution in [0.4, 0.5) is 0 Å². The average molecular weight is 484 g/mol. The predicted molar refractivity (Wildman–Crippen MR) is 114 cm³/mol. The Hall–Kier alpha value is -0.480. The number of rotatable bonds is 13. The molecule has 33 heavy (non-hydrogen) atoms.